The number of carbonyl (C=O) groups is 1. The van der Waals surface area contributed by atoms with Gasteiger partial charge in [-0.05, 0) is 12.8 Å². The highest BCUT2D eigenvalue weighted by molar-refractivity contribution is 6.18. The highest BCUT2D eigenvalue weighted by Gasteiger charge is 2.33. The number of rotatable bonds is 4. The van der Waals surface area contributed by atoms with Crippen LogP contribution in [0.4, 0.5) is 0 Å². The first-order valence-corrected chi connectivity index (χ1v) is 5.09. The molecule has 0 spiro atoms. The number of H-pyrrole nitrogens is 1. The average molecular weight is 215 g/mol. The fraction of sp³-hybridized carbons (Fsp3) is 0.625. The maximum absolute atomic E-state index is 11.8. The first-order valence-electron chi connectivity index (χ1n) is 4.55. The molecule has 1 saturated carbocycles. The van der Waals surface area contributed by atoms with Gasteiger partial charge in [0, 0.05) is 18.5 Å². The number of nitrogens with zero attached hydrogens (tertiary/aromatic N) is 3. The topological polar surface area (TPSA) is 61.9 Å². The molecule has 1 aromatic heterocycles. The Morgan fingerprint density at radius 3 is 3.00 bits per heavy atom. The van der Waals surface area contributed by atoms with Crippen molar-refractivity contribution in [1.29, 1.82) is 0 Å². The SMILES string of the molecule is O=C(c1cn[nH]n1)N(CCCl)C1CC1. The molecular formula is C8H11ClN4O. The van der Waals surface area contributed by atoms with Gasteiger partial charge in [0.15, 0.2) is 5.69 Å². The molecule has 1 aromatic rings. The number of amides is 1. The smallest absolute Gasteiger partial charge is 0.276 e. The fourth-order valence-electron chi connectivity index (χ4n) is 1.38. The van der Waals surface area contributed by atoms with Crippen LogP contribution in [0.3, 0.4) is 0 Å². The van der Waals surface area contributed by atoms with Gasteiger partial charge in [-0.1, -0.05) is 0 Å². The average Bonchev–Trinajstić information content (AvgIpc) is 2.88. The van der Waals surface area contributed by atoms with Crippen molar-refractivity contribution >= 4 is 17.5 Å². The van der Waals surface area contributed by atoms with E-state index in [-0.39, 0.29) is 5.91 Å². The number of hydrogen-bond acceptors (Lipinski definition) is 3. The molecule has 6 heteroatoms. The normalized spacial score (nSPS) is 15.5. The van der Waals surface area contributed by atoms with Crippen molar-refractivity contribution in [3.05, 3.63) is 11.9 Å². The van der Waals surface area contributed by atoms with E-state index in [0.717, 1.165) is 12.8 Å². The Hall–Kier alpha value is -1.10. The molecule has 0 aromatic carbocycles. The molecule has 2 rings (SSSR count). The summed E-state index contributed by atoms with van der Waals surface area (Å²) in [6, 6.07) is 0.359. The summed E-state index contributed by atoms with van der Waals surface area (Å²) in [5.41, 5.74) is 0.363. The first-order chi connectivity index (χ1) is 6.83. The number of carbonyl (C=O) groups excluding carboxylic acids is 1. The standard InChI is InChI=1S/C8H11ClN4O/c9-3-4-13(6-1-2-6)8(14)7-5-10-12-11-7/h5-6H,1-4H2,(H,10,11,12). The summed E-state index contributed by atoms with van der Waals surface area (Å²) in [6.45, 7) is 0.581. The van der Waals surface area contributed by atoms with Crippen LogP contribution in [0.5, 0.6) is 0 Å². The Bertz CT molecular complexity index is 309. The number of hydrogen-bond donors (Lipinski definition) is 1. The second-order valence-electron chi connectivity index (χ2n) is 3.27. The molecule has 1 aliphatic rings. The van der Waals surface area contributed by atoms with Gasteiger partial charge >= 0.3 is 0 Å². The second-order valence-corrected chi connectivity index (χ2v) is 3.65. The van der Waals surface area contributed by atoms with E-state index in [1.54, 1.807) is 4.90 Å². The number of alkyl halides is 1. The highest BCUT2D eigenvalue weighted by atomic mass is 35.5. The third-order valence-electron chi connectivity index (χ3n) is 2.21. The number of aromatic nitrogens is 3. The molecule has 0 aliphatic heterocycles. The lowest BCUT2D eigenvalue weighted by molar-refractivity contribution is 0.0747. The molecule has 0 saturated heterocycles. The zero-order chi connectivity index (χ0) is 9.97. The van der Waals surface area contributed by atoms with Crippen LogP contribution in [-0.4, -0.2) is 44.7 Å². The van der Waals surface area contributed by atoms with Crippen LogP contribution in [-0.2, 0) is 0 Å². The molecule has 0 unspecified atom stereocenters. The van der Waals surface area contributed by atoms with Crippen LogP contribution >= 0.6 is 11.6 Å². The summed E-state index contributed by atoms with van der Waals surface area (Å²) in [6.07, 6.45) is 3.58. The second kappa shape index (κ2) is 3.96. The molecule has 1 fully saturated rings. The molecule has 0 atom stereocenters. The Balaban J connectivity index is 2.07. The van der Waals surface area contributed by atoms with E-state index < -0.39 is 0 Å². The molecule has 14 heavy (non-hydrogen) atoms. The van der Waals surface area contributed by atoms with Gasteiger partial charge in [0.2, 0.25) is 0 Å². The summed E-state index contributed by atoms with van der Waals surface area (Å²) in [5.74, 6) is 0.377. The lowest BCUT2D eigenvalue weighted by atomic mass is 10.3. The molecule has 0 radical (unpaired) electrons. The molecule has 5 nitrogen and oxygen atoms in total. The minimum atomic E-state index is -0.0816. The van der Waals surface area contributed by atoms with Crippen molar-refractivity contribution in [1.82, 2.24) is 20.3 Å². The predicted molar refractivity (Wildman–Crippen MR) is 51.2 cm³/mol. The summed E-state index contributed by atoms with van der Waals surface area (Å²) in [7, 11) is 0. The third-order valence-corrected chi connectivity index (χ3v) is 2.38. The van der Waals surface area contributed by atoms with E-state index in [0.29, 0.717) is 24.2 Å². The monoisotopic (exact) mass is 214 g/mol. The quantitative estimate of drug-likeness (QED) is 0.749. The van der Waals surface area contributed by atoms with Crippen molar-refractivity contribution in [3.8, 4) is 0 Å². The van der Waals surface area contributed by atoms with Crippen LogP contribution in [0, 0.1) is 0 Å². The van der Waals surface area contributed by atoms with E-state index in [4.69, 9.17) is 11.6 Å². The van der Waals surface area contributed by atoms with Gasteiger partial charge in [0.1, 0.15) is 0 Å². The molecule has 1 N–H and O–H groups in total. The van der Waals surface area contributed by atoms with Crippen molar-refractivity contribution in [2.24, 2.45) is 0 Å². The minimum Gasteiger partial charge on any atom is -0.333 e. The molecular weight excluding hydrogens is 204 g/mol. The molecule has 1 heterocycles. The first kappa shape index (κ1) is 9.45. The number of halogens is 1. The van der Waals surface area contributed by atoms with Gasteiger partial charge in [-0.3, -0.25) is 4.79 Å². The summed E-state index contributed by atoms with van der Waals surface area (Å²) in [5, 5.41) is 9.79. The highest BCUT2D eigenvalue weighted by Crippen LogP contribution is 2.27. The summed E-state index contributed by atoms with van der Waals surface area (Å²) >= 11 is 5.64. The van der Waals surface area contributed by atoms with E-state index in [2.05, 4.69) is 15.4 Å². The van der Waals surface area contributed by atoms with Gasteiger partial charge in [0.05, 0.1) is 6.20 Å². The van der Waals surface area contributed by atoms with E-state index >= 15 is 0 Å². The van der Waals surface area contributed by atoms with Crippen molar-refractivity contribution in [2.75, 3.05) is 12.4 Å². The Kier molecular flexibility index (Phi) is 2.67. The van der Waals surface area contributed by atoms with E-state index in [1.165, 1.54) is 6.20 Å². The maximum atomic E-state index is 11.8. The van der Waals surface area contributed by atoms with Crippen molar-refractivity contribution < 1.29 is 4.79 Å². The maximum Gasteiger partial charge on any atom is 0.276 e. The van der Waals surface area contributed by atoms with Gasteiger partial charge in [-0.15, -0.1) is 11.6 Å². The molecule has 1 amide bonds. The van der Waals surface area contributed by atoms with Gasteiger partial charge in [0.25, 0.3) is 5.91 Å². The third kappa shape index (κ3) is 1.87. The lowest BCUT2D eigenvalue weighted by Gasteiger charge is -2.19. The minimum absolute atomic E-state index is 0.0816. The fourth-order valence-corrected chi connectivity index (χ4v) is 1.56. The van der Waals surface area contributed by atoms with Crippen LogP contribution in [0.25, 0.3) is 0 Å². The zero-order valence-corrected chi connectivity index (χ0v) is 8.37. The molecule has 1 aliphatic carbocycles. The summed E-state index contributed by atoms with van der Waals surface area (Å²) in [4.78, 5) is 13.6. The van der Waals surface area contributed by atoms with Gasteiger partial charge in [-0.25, -0.2) is 0 Å². The Labute approximate surface area is 86.4 Å². The van der Waals surface area contributed by atoms with Crippen LogP contribution in [0.2, 0.25) is 0 Å². The number of aromatic amines is 1. The van der Waals surface area contributed by atoms with E-state index in [9.17, 15) is 4.79 Å². The lowest BCUT2D eigenvalue weighted by Crippen LogP contribution is -2.35. The number of nitrogens with one attached hydrogen (secondary N) is 1. The molecule has 76 valence electrons. The Morgan fingerprint density at radius 2 is 2.50 bits per heavy atom. The zero-order valence-electron chi connectivity index (χ0n) is 7.61. The molecule has 0 bridgehead atoms. The Morgan fingerprint density at radius 1 is 1.71 bits per heavy atom. The van der Waals surface area contributed by atoms with Gasteiger partial charge in [-0.2, -0.15) is 15.4 Å². The van der Waals surface area contributed by atoms with Crippen molar-refractivity contribution in [2.45, 2.75) is 18.9 Å². The summed E-state index contributed by atoms with van der Waals surface area (Å²) < 4.78 is 0. The van der Waals surface area contributed by atoms with Crippen LogP contribution in [0.1, 0.15) is 23.3 Å². The largest absolute Gasteiger partial charge is 0.333 e. The van der Waals surface area contributed by atoms with E-state index in [1.807, 2.05) is 0 Å². The van der Waals surface area contributed by atoms with Crippen molar-refractivity contribution in [3.63, 3.8) is 0 Å². The van der Waals surface area contributed by atoms with Crippen LogP contribution in [0.15, 0.2) is 6.20 Å². The predicted octanol–water partition coefficient (Wildman–Crippen LogP) is 0.648. The van der Waals surface area contributed by atoms with Crippen LogP contribution < -0.4 is 0 Å². The van der Waals surface area contributed by atoms with Gasteiger partial charge < -0.3 is 4.90 Å².